The molecular weight excluding hydrogens is 482 g/mol. The molecule has 2 fully saturated rings. The summed E-state index contributed by atoms with van der Waals surface area (Å²) in [6.45, 7) is 5.60. The van der Waals surface area contributed by atoms with Gasteiger partial charge < -0.3 is 4.90 Å². The van der Waals surface area contributed by atoms with Gasteiger partial charge in [-0.2, -0.15) is 0 Å². The van der Waals surface area contributed by atoms with Crippen LogP contribution in [0.2, 0.25) is 10.0 Å². The fourth-order valence-electron chi connectivity index (χ4n) is 4.86. The first-order valence-electron chi connectivity index (χ1n) is 11.3. The van der Waals surface area contributed by atoms with Gasteiger partial charge in [0, 0.05) is 19.0 Å². The van der Waals surface area contributed by atoms with Crippen LogP contribution >= 0.6 is 35.6 Å². The second-order valence-electron chi connectivity index (χ2n) is 8.99. The summed E-state index contributed by atoms with van der Waals surface area (Å²) < 4.78 is 14.2. The van der Waals surface area contributed by atoms with E-state index < -0.39 is 0 Å². The van der Waals surface area contributed by atoms with E-state index in [0.717, 1.165) is 31.6 Å². The van der Waals surface area contributed by atoms with Gasteiger partial charge in [0.25, 0.3) is 0 Å². The van der Waals surface area contributed by atoms with Crippen LogP contribution in [0.1, 0.15) is 37.3 Å². The van der Waals surface area contributed by atoms with Gasteiger partial charge in [0.15, 0.2) is 0 Å². The average molecular weight is 512 g/mol. The molecule has 0 bridgehead atoms. The molecule has 7 heteroatoms. The van der Waals surface area contributed by atoms with E-state index in [1.807, 2.05) is 37.3 Å². The summed E-state index contributed by atoms with van der Waals surface area (Å²) in [5.74, 6) is -0.236. The second kappa shape index (κ2) is 11.7. The highest BCUT2D eigenvalue weighted by molar-refractivity contribution is 6.40. The van der Waals surface area contributed by atoms with E-state index in [1.54, 1.807) is 11.0 Å². The first kappa shape index (κ1) is 26.0. The first-order chi connectivity index (χ1) is 15.4. The van der Waals surface area contributed by atoms with Crippen molar-refractivity contribution in [3.63, 3.8) is 0 Å². The Morgan fingerprint density at radius 3 is 2.45 bits per heavy atom. The van der Waals surface area contributed by atoms with Crippen LogP contribution in [-0.2, 0) is 11.2 Å². The summed E-state index contributed by atoms with van der Waals surface area (Å²) in [6.07, 6.45) is 7.98. The van der Waals surface area contributed by atoms with Gasteiger partial charge in [0.1, 0.15) is 5.82 Å². The monoisotopic (exact) mass is 510 g/mol. The smallest absolute Gasteiger partial charge is 0.229 e. The molecule has 178 valence electrons. The van der Waals surface area contributed by atoms with Crippen LogP contribution in [0.4, 0.5) is 10.1 Å². The number of halogens is 4. The third-order valence-electron chi connectivity index (χ3n) is 6.46. The van der Waals surface area contributed by atoms with Crippen LogP contribution in [0.25, 0.3) is 6.08 Å². The number of benzene rings is 2. The number of piperidine rings is 1. The fraction of sp³-hybridized carbons (Fsp3) is 0.423. The van der Waals surface area contributed by atoms with E-state index >= 15 is 0 Å². The minimum absolute atomic E-state index is 0. The zero-order chi connectivity index (χ0) is 22.7. The molecule has 3 nitrogen and oxygen atoms in total. The number of anilines is 1. The molecule has 0 N–H and O–H groups in total. The zero-order valence-electron chi connectivity index (χ0n) is 18.8. The molecule has 2 saturated heterocycles. The standard InChI is InChI=1S/C26H29Cl2FN2O.ClH/c1-18-13-20(14-21-8-2-3-9-24(21)29)17-31(26(18)32)25-22(27)15-19(16-23(25)28)7-6-12-30-10-4-5-11-30;/h2-3,6-9,15-16,18,20H,4-5,10-14,17H2,1H3;1H/b7-6-;/t18-,20-;/m1./s1. The number of nitrogens with zero attached hydrogens (tertiary/aromatic N) is 2. The first-order valence-corrected chi connectivity index (χ1v) is 12.1. The molecule has 4 rings (SSSR count). The Hall–Kier alpha value is -1.59. The Morgan fingerprint density at radius 1 is 1.12 bits per heavy atom. The van der Waals surface area contributed by atoms with Crippen LogP contribution < -0.4 is 4.90 Å². The normalized spacial score (nSPS) is 21.6. The summed E-state index contributed by atoms with van der Waals surface area (Å²) in [4.78, 5) is 17.1. The molecule has 2 aromatic carbocycles. The molecule has 2 aliphatic heterocycles. The van der Waals surface area contributed by atoms with E-state index in [0.29, 0.717) is 34.3 Å². The fourth-order valence-corrected chi connectivity index (χ4v) is 5.56. The summed E-state index contributed by atoms with van der Waals surface area (Å²) in [5, 5.41) is 0.927. The van der Waals surface area contributed by atoms with E-state index in [2.05, 4.69) is 11.0 Å². The van der Waals surface area contributed by atoms with Crippen LogP contribution in [0.15, 0.2) is 42.5 Å². The summed E-state index contributed by atoms with van der Waals surface area (Å²) in [5.41, 5.74) is 2.15. The average Bonchev–Trinajstić information content (AvgIpc) is 3.26. The van der Waals surface area contributed by atoms with Crippen LogP contribution in [0.5, 0.6) is 0 Å². The van der Waals surface area contributed by atoms with Crippen molar-refractivity contribution < 1.29 is 9.18 Å². The van der Waals surface area contributed by atoms with E-state index in [1.165, 1.54) is 18.9 Å². The second-order valence-corrected chi connectivity index (χ2v) is 9.80. The van der Waals surface area contributed by atoms with Crippen LogP contribution in [0, 0.1) is 17.7 Å². The van der Waals surface area contributed by atoms with Crippen molar-refractivity contribution in [3.8, 4) is 0 Å². The third kappa shape index (κ3) is 6.30. The maximum absolute atomic E-state index is 14.2. The number of carbonyl (C=O) groups excluding carboxylic acids is 1. The highest BCUT2D eigenvalue weighted by Gasteiger charge is 2.34. The number of amides is 1. The van der Waals surface area contributed by atoms with Crippen molar-refractivity contribution in [2.45, 2.75) is 32.6 Å². The van der Waals surface area contributed by atoms with Crippen molar-refractivity contribution in [1.29, 1.82) is 0 Å². The Kier molecular flexibility index (Phi) is 9.23. The molecule has 2 atom stereocenters. The Bertz CT molecular complexity index is 984. The summed E-state index contributed by atoms with van der Waals surface area (Å²) >= 11 is 13.3. The molecule has 0 spiro atoms. The molecule has 0 aromatic heterocycles. The van der Waals surface area contributed by atoms with Crippen molar-refractivity contribution >= 4 is 53.3 Å². The van der Waals surface area contributed by atoms with Crippen LogP contribution in [0.3, 0.4) is 0 Å². The predicted octanol–water partition coefficient (Wildman–Crippen LogP) is 6.90. The molecule has 2 heterocycles. The van der Waals surface area contributed by atoms with Gasteiger partial charge in [-0.25, -0.2) is 4.39 Å². The lowest BCUT2D eigenvalue weighted by atomic mass is 9.85. The van der Waals surface area contributed by atoms with Crippen LogP contribution in [-0.4, -0.2) is 37.0 Å². The topological polar surface area (TPSA) is 23.6 Å². The van der Waals surface area contributed by atoms with E-state index in [9.17, 15) is 9.18 Å². The van der Waals surface area contributed by atoms with Gasteiger partial charge in [-0.05, 0) is 74.0 Å². The quantitative estimate of drug-likeness (QED) is 0.421. The van der Waals surface area contributed by atoms with E-state index in [4.69, 9.17) is 23.2 Å². The predicted molar refractivity (Wildman–Crippen MR) is 138 cm³/mol. The minimum atomic E-state index is -0.204. The minimum Gasteiger partial charge on any atom is -0.309 e. The van der Waals surface area contributed by atoms with Gasteiger partial charge >= 0.3 is 0 Å². The molecule has 2 aliphatic rings. The molecule has 0 radical (unpaired) electrons. The van der Waals surface area contributed by atoms with Gasteiger partial charge in [0.2, 0.25) is 5.91 Å². The molecule has 33 heavy (non-hydrogen) atoms. The molecule has 0 aliphatic carbocycles. The number of hydrogen-bond acceptors (Lipinski definition) is 2. The Balaban J connectivity index is 0.00000306. The molecule has 2 aromatic rings. The summed E-state index contributed by atoms with van der Waals surface area (Å²) in [7, 11) is 0. The van der Waals surface area contributed by atoms with Gasteiger partial charge in [-0.15, -0.1) is 12.4 Å². The highest BCUT2D eigenvalue weighted by Crippen LogP contribution is 2.39. The molecule has 0 unspecified atom stereocenters. The Labute approximate surface area is 212 Å². The van der Waals surface area contributed by atoms with Gasteiger partial charge in [0.05, 0.1) is 15.7 Å². The lowest BCUT2D eigenvalue weighted by Crippen LogP contribution is -2.45. The number of carbonyl (C=O) groups is 1. The summed E-state index contributed by atoms with van der Waals surface area (Å²) in [6, 6.07) is 10.6. The molecule has 1 amide bonds. The van der Waals surface area contributed by atoms with Crippen molar-refractivity contribution in [2.24, 2.45) is 11.8 Å². The SMILES string of the molecule is C[C@@H]1C[C@H](Cc2ccccc2F)CN(c2c(Cl)cc(/C=C\CN3CCCC3)cc2Cl)C1=O.Cl. The number of hydrogen-bond donors (Lipinski definition) is 0. The van der Waals surface area contributed by atoms with Gasteiger partial charge in [-0.1, -0.05) is 60.5 Å². The van der Waals surface area contributed by atoms with Gasteiger partial charge in [-0.3, -0.25) is 9.69 Å². The zero-order valence-corrected chi connectivity index (χ0v) is 21.1. The number of likely N-dealkylation sites (tertiary alicyclic amines) is 1. The lowest BCUT2D eigenvalue weighted by molar-refractivity contribution is -0.124. The van der Waals surface area contributed by atoms with Crippen molar-refractivity contribution in [3.05, 3.63) is 69.5 Å². The maximum atomic E-state index is 14.2. The lowest BCUT2D eigenvalue weighted by Gasteiger charge is -2.37. The highest BCUT2D eigenvalue weighted by atomic mass is 35.5. The third-order valence-corrected chi connectivity index (χ3v) is 7.04. The maximum Gasteiger partial charge on any atom is 0.229 e. The van der Waals surface area contributed by atoms with Crippen molar-refractivity contribution in [2.75, 3.05) is 31.1 Å². The largest absolute Gasteiger partial charge is 0.309 e. The molecule has 0 saturated carbocycles. The Morgan fingerprint density at radius 2 is 1.79 bits per heavy atom. The van der Waals surface area contributed by atoms with E-state index in [-0.39, 0.29) is 36.0 Å². The molecular formula is C26H30Cl3FN2O. The van der Waals surface area contributed by atoms with Crippen molar-refractivity contribution in [1.82, 2.24) is 4.90 Å². The number of rotatable bonds is 6.